The maximum Gasteiger partial charge on any atom is 0.337 e. The predicted molar refractivity (Wildman–Crippen MR) is 120 cm³/mol. The number of rotatable bonds is 7. The predicted octanol–water partition coefficient (Wildman–Crippen LogP) is 4.20. The van der Waals surface area contributed by atoms with Crippen LogP contribution in [0, 0.1) is 17.0 Å². The number of aryl methyl sites for hydroxylation is 1. The van der Waals surface area contributed by atoms with Crippen molar-refractivity contribution in [3.63, 3.8) is 0 Å². The Morgan fingerprint density at radius 3 is 2.42 bits per heavy atom. The third-order valence-electron chi connectivity index (χ3n) is 5.79. The highest BCUT2D eigenvalue weighted by molar-refractivity contribution is 5.70. The van der Waals surface area contributed by atoms with Gasteiger partial charge in [-0.3, -0.25) is 10.1 Å². The van der Waals surface area contributed by atoms with Crippen LogP contribution < -0.4 is 9.64 Å². The Morgan fingerprint density at radius 1 is 1.06 bits per heavy atom. The van der Waals surface area contributed by atoms with Crippen LogP contribution in [0.5, 0.6) is 5.75 Å². The van der Waals surface area contributed by atoms with Gasteiger partial charge in [-0.1, -0.05) is 18.2 Å². The Bertz CT molecular complexity index is 936. The van der Waals surface area contributed by atoms with Crippen LogP contribution in [0.4, 0.5) is 11.5 Å². The number of piperidine rings is 1. The van der Waals surface area contributed by atoms with Gasteiger partial charge in [0, 0.05) is 26.2 Å². The number of para-hydroxylation sites is 1. The van der Waals surface area contributed by atoms with Gasteiger partial charge >= 0.3 is 5.69 Å². The highest BCUT2D eigenvalue weighted by atomic mass is 16.6. The van der Waals surface area contributed by atoms with E-state index in [1.807, 2.05) is 41.3 Å². The van der Waals surface area contributed by atoms with Crippen molar-refractivity contribution in [1.29, 1.82) is 0 Å². The molecule has 2 aliphatic heterocycles. The third kappa shape index (κ3) is 5.13. The van der Waals surface area contributed by atoms with E-state index < -0.39 is 0 Å². The van der Waals surface area contributed by atoms with Gasteiger partial charge < -0.3 is 14.5 Å². The molecule has 2 aromatic rings. The zero-order chi connectivity index (χ0) is 21.6. The first-order chi connectivity index (χ1) is 15.1. The van der Waals surface area contributed by atoms with Gasteiger partial charge in [-0.25, -0.2) is 9.97 Å². The normalized spacial score (nSPS) is 17.1. The molecule has 2 saturated heterocycles. The largest absolute Gasteiger partial charge is 0.487 e. The van der Waals surface area contributed by atoms with Crippen molar-refractivity contribution < 1.29 is 9.66 Å². The molecule has 0 N–H and O–H groups in total. The molecule has 0 atom stereocenters. The van der Waals surface area contributed by atoms with Gasteiger partial charge in [0.2, 0.25) is 5.82 Å². The number of hydrogen-bond donors (Lipinski definition) is 0. The van der Waals surface area contributed by atoms with Crippen LogP contribution >= 0.6 is 0 Å². The summed E-state index contributed by atoms with van der Waals surface area (Å²) in [5, 5.41) is 12.1. The van der Waals surface area contributed by atoms with Gasteiger partial charge in [0.1, 0.15) is 23.9 Å². The van der Waals surface area contributed by atoms with Crippen LogP contribution in [0.15, 0.2) is 36.0 Å². The van der Waals surface area contributed by atoms with Crippen LogP contribution in [-0.4, -0.2) is 52.6 Å². The molecular formula is C23H29N5O3. The molecule has 2 aliphatic rings. The fourth-order valence-electron chi connectivity index (χ4n) is 4.24. The first kappa shape index (κ1) is 21.1. The monoisotopic (exact) mass is 423 g/mol. The quantitative estimate of drug-likeness (QED) is 0.487. The van der Waals surface area contributed by atoms with E-state index in [0.717, 1.165) is 69.7 Å². The Kier molecular flexibility index (Phi) is 6.64. The molecule has 8 heteroatoms. The van der Waals surface area contributed by atoms with Crippen molar-refractivity contribution >= 4 is 17.6 Å². The topological polar surface area (TPSA) is 84.6 Å². The summed E-state index contributed by atoms with van der Waals surface area (Å²) in [6.45, 7) is 5.54. The molecule has 8 nitrogen and oxygen atoms in total. The average molecular weight is 424 g/mol. The maximum atomic E-state index is 12.1. The van der Waals surface area contributed by atoms with E-state index in [9.17, 15) is 10.1 Å². The number of anilines is 1. The minimum absolute atomic E-state index is 0.0103. The van der Waals surface area contributed by atoms with Gasteiger partial charge in [0.25, 0.3) is 0 Å². The summed E-state index contributed by atoms with van der Waals surface area (Å²) in [5.74, 6) is 1.75. The second kappa shape index (κ2) is 9.76. The average Bonchev–Trinajstić information content (AvgIpc) is 3.32. The standard InChI is InChI=1S/C23H29N5O3/c1-18-24-21(22(28(29)30)23(25-18)27-14-6-3-7-15-27)16-19(26-12-8-9-13-26)17-31-20-10-4-2-5-11-20/h2,4-5,10-11,16H,3,6-9,12-15,17H2,1H3/b19-16-. The minimum Gasteiger partial charge on any atom is -0.487 e. The summed E-state index contributed by atoms with van der Waals surface area (Å²) < 4.78 is 6.00. The number of benzene rings is 1. The molecule has 0 bridgehead atoms. The Hall–Kier alpha value is -3.16. The van der Waals surface area contributed by atoms with Crippen molar-refractivity contribution in [2.45, 2.75) is 39.0 Å². The second-order valence-corrected chi connectivity index (χ2v) is 8.06. The van der Waals surface area contributed by atoms with Crippen molar-refractivity contribution in [2.75, 3.05) is 37.7 Å². The molecule has 0 radical (unpaired) electrons. The first-order valence-corrected chi connectivity index (χ1v) is 11.0. The Morgan fingerprint density at radius 2 is 1.74 bits per heavy atom. The molecule has 1 aromatic carbocycles. The molecule has 0 spiro atoms. The minimum atomic E-state index is -0.338. The van der Waals surface area contributed by atoms with E-state index in [2.05, 4.69) is 14.9 Å². The van der Waals surface area contributed by atoms with Crippen LogP contribution in [-0.2, 0) is 0 Å². The van der Waals surface area contributed by atoms with Gasteiger partial charge in [-0.2, -0.15) is 0 Å². The third-order valence-corrected chi connectivity index (χ3v) is 5.79. The molecule has 2 fully saturated rings. The number of aromatic nitrogens is 2. The fourth-order valence-corrected chi connectivity index (χ4v) is 4.24. The molecule has 1 aromatic heterocycles. The van der Waals surface area contributed by atoms with Crippen molar-refractivity contribution in [2.24, 2.45) is 0 Å². The van der Waals surface area contributed by atoms with E-state index >= 15 is 0 Å². The lowest BCUT2D eigenvalue weighted by Crippen LogP contribution is -2.31. The van der Waals surface area contributed by atoms with Gasteiger partial charge in [-0.15, -0.1) is 0 Å². The molecule has 3 heterocycles. The molecule has 0 aliphatic carbocycles. The van der Waals surface area contributed by atoms with Crippen LogP contribution in [0.2, 0.25) is 0 Å². The molecule has 4 rings (SSSR count). The molecule has 0 amide bonds. The van der Waals surface area contributed by atoms with Crippen LogP contribution in [0.25, 0.3) is 6.08 Å². The van der Waals surface area contributed by atoms with E-state index in [1.54, 1.807) is 6.92 Å². The lowest BCUT2D eigenvalue weighted by atomic mass is 10.1. The highest BCUT2D eigenvalue weighted by Gasteiger charge is 2.29. The lowest BCUT2D eigenvalue weighted by molar-refractivity contribution is -0.384. The summed E-state index contributed by atoms with van der Waals surface area (Å²) in [6.07, 6.45) is 7.23. The Balaban J connectivity index is 1.71. The van der Waals surface area contributed by atoms with Gasteiger partial charge in [0.15, 0.2) is 0 Å². The van der Waals surface area contributed by atoms with Crippen LogP contribution in [0.3, 0.4) is 0 Å². The number of nitro groups is 1. The smallest absolute Gasteiger partial charge is 0.337 e. The summed E-state index contributed by atoms with van der Waals surface area (Å²) in [4.78, 5) is 25.0. The van der Waals surface area contributed by atoms with Crippen molar-refractivity contribution in [3.8, 4) is 5.75 Å². The summed E-state index contributed by atoms with van der Waals surface area (Å²) in [6, 6.07) is 9.62. The summed E-state index contributed by atoms with van der Waals surface area (Å²) in [7, 11) is 0. The summed E-state index contributed by atoms with van der Waals surface area (Å²) >= 11 is 0. The number of likely N-dealkylation sites (tertiary alicyclic amines) is 1. The van der Waals surface area contributed by atoms with E-state index in [4.69, 9.17) is 4.74 Å². The first-order valence-electron chi connectivity index (χ1n) is 11.0. The van der Waals surface area contributed by atoms with E-state index in [0.29, 0.717) is 23.9 Å². The zero-order valence-electron chi connectivity index (χ0n) is 18.0. The molecule has 31 heavy (non-hydrogen) atoms. The van der Waals surface area contributed by atoms with Gasteiger partial charge in [-0.05, 0) is 57.2 Å². The van der Waals surface area contributed by atoms with E-state index in [1.165, 1.54) is 0 Å². The van der Waals surface area contributed by atoms with Gasteiger partial charge in [0.05, 0.1) is 10.6 Å². The highest BCUT2D eigenvalue weighted by Crippen LogP contribution is 2.33. The Labute approximate surface area is 182 Å². The fraction of sp³-hybridized carbons (Fsp3) is 0.478. The number of ether oxygens (including phenoxy) is 1. The van der Waals surface area contributed by atoms with Crippen molar-refractivity contribution in [1.82, 2.24) is 14.9 Å². The summed E-state index contributed by atoms with van der Waals surface area (Å²) in [5.41, 5.74) is 1.26. The number of hydrogen-bond acceptors (Lipinski definition) is 7. The molecule has 0 unspecified atom stereocenters. The second-order valence-electron chi connectivity index (χ2n) is 8.06. The molecular weight excluding hydrogens is 394 g/mol. The lowest BCUT2D eigenvalue weighted by Gasteiger charge is -2.27. The number of nitrogens with zero attached hydrogens (tertiary/aromatic N) is 5. The molecule has 164 valence electrons. The zero-order valence-corrected chi connectivity index (χ0v) is 18.0. The maximum absolute atomic E-state index is 12.1. The SMILES string of the molecule is Cc1nc(/C=C(/COc2ccccc2)N2CCCC2)c([N+](=O)[O-])c(N2CCCCC2)n1. The van der Waals surface area contributed by atoms with E-state index in [-0.39, 0.29) is 10.6 Å². The van der Waals surface area contributed by atoms with Crippen LogP contribution in [0.1, 0.15) is 43.6 Å². The van der Waals surface area contributed by atoms with Crippen molar-refractivity contribution in [3.05, 3.63) is 57.7 Å². The molecule has 0 saturated carbocycles.